The smallest absolute Gasteiger partial charge is 0.321 e. The normalized spacial score (nSPS) is 26.1. The van der Waals surface area contributed by atoms with Gasteiger partial charge in [-0.05, 0) is 38.1 Å². The number of hydrogen-bond acceptors (Lipinski definition) is 4. The molecule has 2 unspecified atom stereocenters. The number of urea groups is 1. The lowest BCUT2D eigenvalue weighted by Crippen LogP contribution is -2.52. The standard InChI is InChI=1S/C14H23N3O4/c1-2-9-5-6-17(11(7-9)13(19)20)8-12(18)16-14(21)15-10-3-4-10/h9-11H,2-8H2,1H3,(H,19,20)(H2,15,16,18,21). The van der Waals surface area contributed by atoms with E-state index >= 15 is 0 Å². The number of imide groups is 1. The number of piperidine rings is 1. The first-order chi connectivity index (χ1) is 9.99. The fourth-order valence-corrected chi connectivity index (χ4v) is 2.70. The summed E-state index contributed by atoms with van der Waals surface area (Å²) in [6.45, 7) is 2.58. The number of rotatable bonds is 5. The van der Waals surface area contributed by atoms with Crippen LogP contribution in [0.15, 0.2) is 0 Å². The molecule has 21 heavy (non-hydrogen) atoms. The molecule has 118 valence electrons. The van der Waals surface area contributed by atoms with Crippen LogP contribution in [0.3, 0.4) is 0 Å². The minimum Gasteiger partial charge on any atom is -0.480 e. The van der Waals surface area contributed by atoms with E-state index < -0.39 is 23.9 Å². The van der Waals surface area contributed by atoms with Crippen molar-refractivity contribution in [3.63, 3.8) is 0 Å². The van der Waals surface area contributed by atoms with E-state index in [4.69, 9.17) is 0 Å². The first-order valence-corrected chi connectivity index (χ1v) is 7.56. The van der Waals surface area contributed by atoms with Gasteiger partial charge in [-0.15, -0.1) is 0 Å². The van der Waals surface area contributed by atoms with Crippen molar-refractivity contribution in [1.82, 2.24) is 15.5 Å². The molecule has 3 N–H and O–H groups in total. The number of likely N-dealkylation sites (tertiary alicyclic amines) is 1. The first kappa shape index (κ1) is 15.8. The van der Waals surface area contributed by atoms with Crippen molar-refractivity contribution in [2.75, 3.05) is 13.1 Å². The molecule has 2 aliphatic rings. The minimum absolute atomic E-state index is 0.0501. The summed E-state index contributed by atoms with van der Waals surface area (Å²) < 4.78 is 0. The Hall–Kier alpha value is -1.63. The molecule has 7 heteroatoms. The van der Waals surface area contributed by atoms with Crippen molar-refractivity contribution >= 4 is 17.9 Å². The molecule has 1 saturated carbocycles. The Morgan fingerprint density at radius 3 is 2.52 bits per heavy atom. The van der Waals surface area contributed by atoms with Crippen LogP contribution in [-0.4, -0.2) is 53.1 Å². The van der Waals surface area contributed by atoms with E-state index in [1.165, 1.54) is 0 Å². The monoisotopic (exact) mass is 297 g/mol. The van der Waals surface area contributed by atoms with Gasteiger partial charge in [-0.1, -0.05) is 13.3 Å². The van der Waals surface area contributed by atoms with Gasteiger partial charge in [0, 0.05) is 6.04 Å². The average Bonchev–Trinajstić information content (AvgIpc) is 3.22. The van der Waals surface area contributed by atoms with Gasteiger partial charge in [0.05, 0.1) is 6.54 Å². The molecule has 2 fully saturated rings. The molecule has 0 spiro atoms. The SMILES string of the molecule is CCC1CCN(CC(=O)NC(=O)NC2CC2)C(C(=O)O)C1. The van der Waals surface area contributed by atoms with E-state index in [1.54, 1.807) is 4.90 Å². The number of aliphatic carboxylic acids is 1. The van der Waals surface area contributed by atoms with E-state index in [0.717, 1.165) is 25.7 Å². The van der Waals surface area contributed by atoms with Gasteiger partial charge < -0.3 is 10.4 Å². The predicted octanol–water partition coefficient (Wildman–Crippen LogP) is 0.550. The molecule has 3 amide bonds. The van der Waals surface area contributed by atoms with Crippen molar-refractivity contribution in [3.8, 4) is 0 Å². The van der Waals surface area contributed by atoms with Crippen molar-refractivity contribution < 1.29 is 19.5 Å². The molecule has 1 aliphatic heterocycles. The number of carboxylic acid groups (broad SMARTS) is 1. The topological polar surface area (TPSA) is 98.7 Å². The van der Waals surface area contributed by atoms with E-state index in [1.807, 2.05) is 6.92 Å². The Morgan fingerprint density at radius 2 is 1.95 bits per heavy atom. The number of hydrogen-bond donors (Lipinski definition) is 3. The molecule has 7 nitrogen and oxygen atoms in total. The highest BCUT2D eigenvalue weighted by molar-refractivity contribution is 5.95. The molecule has 0 bridgehead atoms. The Bertz CT molecular complexity index is 422. The summed E-state index contributed by atoms with van der Waals surface area (Å²) in [5.74, 6) is -0.957. The first-order valence-electron chi connectivity index (χ1n) is 7.56. The third kappa shape index (κ3) is 4.70. The molecule has 1 heterocycles. The molecule has 0 aromatic heterocycles. The second-order valence-electron chi connectivity index (χ2n) is 5.92. The summed E-state index contributed by atoms with van der Waals surface area (Å²) in [5, 5.41) is 14.2. The summed E-state index contributed by atoms with van der Waals surface area (Å²) in [7, 11) is 0. The zero-order valence-corrected chi connectivity index (χ0v) is 12.3. The Balaban J connectivity index is 1.82. The highest BCUT2D eigenvalue weighted by Gasteiger charge is 2.34. The molecule has 1 saturated heterocycles. The number of carboxylic acids is 1. The van der Waals surface area contributed by atoms with Gasteiger partial charge in [-0.25, -0.2) is 4.79 Å². The maximum absolute atomic E-state index is 11.8. The van der Waals surface area contributed by atoms with Gasteiger partial charge >= 0.3 is 12.0 Å². The van der Waals surface area contributed by atoms with Gasteiger partial charge in [-0.2, -0.15) is 0 Å². The summed E-state index contributed by atoms with van der Waals surface area (Å²) in [6, 6.07) is -0.941. The number of nitrogens with zero attached hydrogens (tertiary/aromatic N) is 1. The van der Waals surface area contributed by atoms with Crippen LogP contribution < -0.4 is 10.6 Å². The van der Waals surface area contributed by atoms with Crippen LogP contribution in [0.25, 0.3) is 0 Å². The maximum Gasteiger partial charge on any atom is 0.321 e. The van der Waals surface area contributed by atoms with Crippen LogP contribution in [0.1, 0.15) is 39.0 Å². The maximum atomic E-state index is 11.8. The average molecular weight is 297 g/mol. The van der Waals surface area contributed by atoms with Gasteiger partial charge in [-0.3, -0.25) is 19.8 Å². The summed E-state index contributed by atoms with van der Waals surface area (Å²) in [6.07, 6.45) is 4.31. The largest absolute Gasteiger partial charge is 0.480 e. The molecule has 0 aromatic carbocycles. The lowest BCUT2D eigenvalue weighted by molar-refractivity contribution is -0.146. The van der Waals surface area contributed by atoms with Gasteiger partial charge in [0.2, 0.25) is 5.91 Å². The second kappa shape index (κ2) is 6.89. The quantitative estimate of drug-likeness (QED) is 0.688. The fraction of sp³-hybridized carbons (Fsp3) is 0.786. The van der Waals surface area contributed by atoms with Gasteiger partial charge in [0.1, 0.15) is 6.04 Å². The van der Waals surface area contributed by atoms with E-state index in [2.05, 4.69) is 10.6 Å². The van der Waals surface area contributed by atoms with Crippen LogP contribution in [0.5, 0.6) is 0 Å². The van der Waals surface area contributed by atoms with E-state index in [-0.39, 0.29) is 12.6 Å². The summed E-state index contributed by atoms with van der Waals surface area (Å²) >= 11 is 0. The van der Waals surface area contributed by atoms with Crippen LogP contribution in [0.2, 0.25) is 0 Å². The molecule has 1 aliphatic carbocycles. The highest BCUT2D eigenvalue weighted by Crippen LogP contribution is 2.25. The Morgan fingerprint density at radius 1 is 1.24 bits per heavy atom. The van der Waals surface area contributed by atoms with Crippen LogP contribution in [0.4, 0.5) is 4.79 Å². The third-order valence-electron chi connectivity index (χ3n) is 4.20. The van der Waals surface area contributed by atoms with Crippen molar-refractivity contribution in [2.24, 2.45) is 5.92 Å². The second-order valence-corrected chi connectivity index (χ2v) is 5.92. The van der Waals surface area contributed by atoms with E-state index in [0.29, 0.717) is 18.9 Å². The predicted molar refractivity (Wildman–Crippen MR) is 75.7 cm³/mol. The zero-order chi connectivity index (χ0) is 15.4. The molecular formula is C14H23N3O4. The fourth-order valence-electron chi connectivity index (χ4n) is 2.70. The number of nitrogens with one attached hydrogen (secondary N) is 2. The molecule has 0 aromatic rings. The Labute approximate surface area is 124 Å². The number of amides is 3. The van der Waals surface area contributed by atoms with Crippen LogP contribution in [-0.2, 0) is 9.59 Å². The minimum atomic E-state index is -0.900. The summed E-state index contributed by atoms with van der Waals surface area (Å²) in [4.78, 5) is 36.3. The van der Waals surface area contributed by atoms with Crippen LogP contribution >= 0.6 is 0 Å². The highest BCUT2D eigenvalue weighted by atomic mass is 16.4. The van der Waals surface area contributed by atoms with Crippen molar-refractivity contribution in [3.05, 3.63) is 0 Å². The third-order valence-corrected chi connectivity index (χ3v) is 4.20. The van der Waals surface area contributed by atoms with Crippen molar-refractivity contribution in [2.45, 2.75) is 51.1 Å². The van der Waals surface area contributed by atoms with E-state index in [9.17, 15) is 19.5 Å². The molecular weight excluding hydrogens is 274 g/mol. The number of carbonyl (C=O) groups excluding carboxylic acids is 2. The zero-order valence-electron chi connectivity index (χ0n) is 12.3. The van der Waals surface area contributed by atoms with Crippen LogP contribution in [0, 0.1) is 5.92 Å². The van der Waals surface area contributed by atoms with Crippen molar-refractivity contribution in [1.29, 1.82) is 0 Å². The van der Waals surface area contributed by atoms with Gasteiger partial charge in [0.25, 0.3) is 0 Å². The lowest BCUT2D eigenvalue weighted by atomic mass is 9.89. The van der Waals surface area contributed by atoms with Gasteiger partial charge in [0.15, 0.2) is 0 Å². The molecule has 2 rings (SSSR count). The Kier molecular flexibility index (Phi) is 5.17. The molecule has 0 radical (unpaired) electrons. The lowest BCUT2D eigenvalue weighted by Gasteiger charge is -2.36. The number of carbonyl (C=O) groups is 3. The summed E-state index contributed by atoms with van der Waals surface area (Å²) in [5.41, 5.74) is 0. The molecule has 2 atom stereocenters.